The number of pyridine rings is 1. The maximum absolute atomic E-state index is 13.3. The average molecular weight is 333 g/mol. The van der Waals surface area contributed by atoms with E-state index in [2.05, 4.69) is 33.4 Å². The van der Waals surface area contributed by atoms with Crippen LogP contribution >= 0.6 is 0 Å². The molecule has 1 aromatic heterocycles. The summed E-state index contributed by atoms with van der Waals surface area (Å²) in [5.41, 5.74) is 5.42. The molecule has 25 heavy (non-hydrogen) atoms. The van der Waals surface area contributed by atoms with Crippen molar-refractivity contribution >= 4 is 5.91 Å². The lowest BCUT2D eigenvalue weighted by Crippen LogP contribution is -2.38. The molecule has 3 aliphatic rings. The number of fused-ring (bicyclic) bond motifs is 3. The van der Waals surface area contributed by atoms with Crippen molar-refractivity contribution in [3.05, 3.63) is 53.2 Å². The highest BCUT2D eigenvalue weighted by molar-refractivity contribution is 6.00. The number of hydrogen-bond acceptors (Lipinski definition) is 3. The van der Waals surface area contributed by atoms with Crippen LogP contribution in [0, 0.1) is 5.92 Å². The van der Waals surface area contributed by atoms with Crippen LogP contribution in [0.2, 0.25) is 0 Å². The maximum Gasteiger partial charge on any atom is 0.256 e. The lowest BCUT2D eigenvalue weighted by molar-refractivity contribution is 0.0704. The van der Waals surface area contributed by atoms with E-state index in [0.717, 1.165) is 42.9 Å². The third-order valence-corrected chi connectivity index (χ3v) is 6.10. The summed E-state index contributed by atoms with van der Waals surface area (Å²) in [5, 5.41) is 3.42. The van der Waals surface area contributed by atoms with Gasteiger partial charge in [-0.25, -0.2) is 0 Å². The highest BCUT2D eigenvalue weighted by Crippen LogP contribution is 2.39. The van der Waals surface area contributed by atoms with E-state index in [1.54, 1.807) is 0 Å². The summed E-state index contributed by atoms with van der Waals surface area (Å²) >= 11 is 0. The molecule has 1 N–H and O–H groups in total. The molecule has 2 atom stereocenters. The van der Waals surface area contributed by atoms with Crippen LogP contribution in [0.1, 0.15) is 40.7 Å². The summed E-state index contributed by atoms with van der Waals surface area (Å²) in [6.45, 7) is 2.81. The Kier molecular flexibility index (Phi) is 3.59. The first kappa shape index (κ1) is 15.1. The predicted molar refractivity (Wildman–Crippen MR) is 97.2 cm³/mol. The molecule has 1 aliphatic carbocycles. The second-order valence-electron chi connectivity index (χ2n) is 7.56. The van der Waals surface area contributed by atoms with Crippen LogP contribution in [-0.4, -0.2) is 34.9 Å². The standard InChI is InChI=1S/C21H23N3O/c25-21(24-13-14-6-7-16(24)11-14)19-5-2-9-23-20(19)18-4-1-3-15-12-22-10-8-17(15)18/h1-5,9,14,16,22H,6-8,10-13H2/t14-,16+/m0/s1. The van der Waals surface area contributed by atoms with E-state index < -0.39 is 0 Å². The molecular weight excluding hydrogens is 310 g/mol. The number of aromatic nitrogens is 1. The van der Waals surface area contributed by atoms with Gasteiger partial charge < -0.3 is 10.2 Å². The molecule has 3 heterocycles. The zero-order valence-corrected chi connectivity index (χ0v) is 14.4. The van der Waals surface area contributed by atoms with Crippen molar-refractivity contribution in [3.8, 4) is 11.3 Å². The fraction of sp³-hybridized carbons (Fsp3) is 0.429. The van der Waals surface area contributed by atoms with Crippen LogP contribution in [0.25, 0.3) is 11.3 Å². The van der Waals surface area contributed by atoms with Crippen LogP contribution in [0.15, 0.2) is 36.5 Å². The highest BCUT2D eigenvalue weighted by Gasteiger charge is 2.41. The minimum atomic E-state index is 0.168. The molecule has 2 fully saturated rings. The number of hydrogen-bond donors (Lipinski definition) is 1. The summed E-state index contributed by atoms with van der Waals surface area (Å²) in [4.78, 5) is 20.0. The fourth-order valence-corrected chi connectivity index (χ4v) is 4.87. The van der Waals surface area contributed by atoms with Crippen LogP contribution in [0.3, 0.4) is 0 Å². The summed E-state index contributed by atoms with van der Waals surface area (Å²) in [6.07, 6.45) is 6.44. The van der Waals surface area contributed by atoms with E-state index in [9.17, 15) is 4.79 Å². The monoisotopic (exact) mass is 333 g/mol. The van der Waals surface area contributed by atoms with Gasteiger partial charge in [0, 0.05) is 30.9 Å². The van der Waals surface area contributed by atoms with Gasteiger partial charge >= 0.3 is 0 Å². The van der Waals surface area contributed by atoms with Gasteiger partial charge in [0.1, 0.15) is 0 Å². The first-order chi connectivity index (χ1) is 12.3. The molecule has 0 radical (unpaired) electrons. The van der Waals surface area contributed by atoms with Gasteiger partial charge in [-0.05, 0) is 61.4 Å². The molecular formula is C21H23N3O. The second kappa shape index (κ2) is 5.95. The Morgan fingerprint density at radius 3 is 3.00 bits per heavy atom. The van der Waals surface area contributed by atoms with Gasteiger partial charge in [-0.3, -0.25) is 9.78 Å². The number of carbonyl (C=O) groups excluding carboxylic acids is 1. The predicted octanol–water partition coefficient (Wildman–Crippen LogP) is 3.02. The van der Waals surface area contributed by atoms with Crippen LogP contribution in [-0.2, 0) is 13.0 Å². The minimum Gasteiger partial charge on any atom is -0.335 e. The number of nitrogens with one attached hydrogen (secondary N) is 1. The van der Waals surface area contributed by atoms with Gasteiger partial charge in [-0.1, -0.05) is 18.2 Å². The number of carbonyl (C=O) groups is 1. The van der Waals surface area contributed by atoms with Crippen molar-refractivity contribution in [1.82, 2.24) is 15.2 Å². The van der Waals surface area contributed by atoms with Crippen LogP contribution in [0.4, 0.5) is 0 Å². The number of benzene rings is 1. The van der Waals surface area contributed by atoms with Crippen LogP contribution in [0.5, 0.6) is 0 Å². The molecule has 4 nitrogen and oxygen atoms in total. The van der Waals surface area contributed by atoms with E-state index >= 15 is 0 Å². The van der Waals surface area contributed by atoms with Gasteiger partial charge in [0.2, 0.25) is 0 Å². The maximum atomic E-state index is 13.3. The smallest absolute Gasteiger partial charge is 0.256 e. The Hall–Kier alpha value is -2.20. The molecule has 2 aliphatic heterocycles. The van der Waals surface area contributed by atoms with E-state index in [1.807, 2.05) is 18.3 Å². The highest BCUT2D eigenvalue weighted by atomic mass is 16.2. The van der Waals surface area contributed by atoms with E-state index in [0.29, 0.717) is 12.0 Å². The summed E-state index contributed by atoms with van der Waals surface area (Å²) in [5.74, 6) is 0.881. The van der Waals surface area contributed by atoms with Crippen molar-refractivity contribution in [3.63, 3.8) is 0 Å². The Morgan fingerprint density at radius 1 is 1.20 bits per heavy atom. The Labute approximate surface area is 148 Å². The van der Waals surface area contributed by atoms with Crippen molar-refractivity contribution in [1.29, 1.82) is 0 Å². The number of piperidine rings is 1. The molecule has 128 valence electrons. The van der Waals surface area contributed by atoms with Crippen molar-refractivity contribution in [2.24, 2.45) is 5.92 Å². The zero-order valence-electron chi connectivity index (χ0n) is 14.4. The van der Waals surface area contributed by atoms with Gasteiger partial charge in [0.15, 0.2) is 0 Å². The molecule has 2 aromatic rings. The molecule has 0 spiro atoms. The van der Waals surface area contributed by atoms with E-state index in [4.69, 9.17) is 0 Å². The molecule has 5 rings (SSSR count). The number of likely N-dealkylation sites (tertiary alicyclic amines) is 1. The lowest BCUT2D eigenvalue weighted by Gasteiger charge is -2.28. The van der Waals surface area contributed by atoms with Crippen molar-refractivity contribution < 1.29 is 4.79 Å². The SMILES string of the molecule is O=C(c1cccnc1-c1cccc2c1CCNC2)N1C[C@H]2CC[C@@H]1C2. The number of nitrogens with zero attached hydrogens (tertiary/aromatic N) is 2. The molecule has 2 bridgehead atoms. The van der Waals surface area contributed by atoms with Gasteiger partial charge in [0.25, 0.3) is 5.91 Å². The summed E-state index contributed by atoms with van der Waals surface area (Å²) in [6, 6.07) is 10.7. The van der Waals surface area contributed by atoms with Crippen molar-refractivity contribution in [2.45, 2.75) is 38.3 Å². The Balaban J connectivity index is 1.57. The molecule has 0 unspecified atom stereocenters. The van der Waals surface area contributed by atoms with Gasteiger partial charge in [-0.2, -0.15) is 0 Å². The first-order valence-electron chi connectivity index (χ1n) is 9.39. The Bertz CT molecular complexity index is 832. The largest absolute Gasteiger partial charge is 0.335 e. The first-order valence-corrected chi connectivity index (χ1v) is 9.39. The molecule has 1 saturated carbocycles. The molecule has 4 heteroatoms. The summed E-state index contributed by atoms with van der Waals surface area (Å²) in [7, 11) is 0. The topological polar surface area (TPSA) is 45.2 Å². The van der Waals surface area contributed by atoms with Crippen molar-refractivity contribution in [2.75, 3.05) is 13.1 Å². The number of rotatable bonds is 2. The lowest BCUT2D eigenvalue weighted by atomic mass is 9.91. The summed E-state index contributed by atoms with van der Waals surface area (Å²) < 4.78 is 0. The molecule has 1 saturated heterocycles. The Morgan fingerprint density at radius 2 is 2.16 bits per heavy atom. The van der Waals surface area contributed by atoms with E-state index in [1.165, 1.54) is 30.4 Å². The second-order valence-corrected chi connectivity index (χ2v) is 7.56. The van der Waals surface area contributed by atoms with Crippen LogP contribution < -0.4 is 5.32 Å². The van der Waals surface area contributed by atoms with Gasteiger partial charge in [0.05, 0.1) is 11.3 Å². The molecule has 1 amide bonds. The molecule has 1 aromatic carbocycles. The fourth-order valence-electron chi connectivity index (χ4n) is 4.87. The third-order valence-electron chi connectivity index (χ3n) is 6.10. The zero-order chi connectivity index (χ0) is 16.8. The van der Waals surface area contributed by atoms with Gasteiger partial charge in [-0.15, -0.1) is 0 Å². The quantitative estimate of drug-likeness (QED) is 0.919. The third kappa shape index (κ3) is 2.47. The normalized spacial score (nSPS) is 24.4. The number of amides is 1. The minimum absolute atomic E-state index is 0.168. The van der Waals surface area contributed by atoms with E-state index in [-0.39, 0.29) is 5.91 Å². The average Bonchev–Trinajstić information content (AvgIpc) is 3.30.